The minimum Gasteiger partial charge on any atom is -0.262 e. The molecule has 0 aliphatic heterocycles. The number of hydrogen-bond acceptors (Lipinski definition) is 3. The van der Waals surface area contributed by atoms with Crippen LogP contribution in [0.25, 0.3) is 0 Å². The minimum atomic E-state index is -5.00. The lowest BCUT2D eigenvalue weighted by Gasteiger charge is -2.16. The van der Waals surface area contributed by atoms with Gasteiger partial charge in [-0.2, -0.15) is 17.2 Å². The molecule has 0 atom stereocenters. The second-order valence-electron chi connectivity index (χ2n) is 3.24. The van der Waals surface area contributed by atoms with Crippen molar-refractivity contribution < 1.29 is 25.8 Å². The summed E-state index contributed by atoms with van der Waals surface area (Å²) in [5.74, 6) is 0. The van der Waals surface area contributed by atoms with Crippen LogP contribution in [0.4, 0.5) is 13.2 Å². The second-order valence-corrected chi connectivity index (χ2v) is 5.10. The molecule has 0 aromatic rings. The highest BCUT2D eigenvalue weighted by Gasteiger charge is 2.41. The van der Waals surface area contributed by atoms with Gasteiger partial charge in [-0.3, -0.25) is 4.18 Å². The first-order chi connectivity index (χ1) is 5.46. The lowest BCUT2D eigenvalue weighted by Crippen LogP contribution is -2.31. The fraction of sp³-hybridized carbons (Fsp3) is 1.00. The highest BCUT2D eigenvalue weighted by atomic mass is 32.2. The van der Waals surface area contributed by atoms with Crippen molar-refractivity contribution in [1.29, 1.82) is 0 Å². The van der Waals surface area contributed by atoms with E-state index in [0.29, 0.717) is 0 Å². The van der Waals surface area contributed by atoms with Crippen molar-refractivity contribution in [2.75, 3.05) is 6.61 Å². The monoisotopic (exact) mass is 220 g/mol. The molecular formula is C6H11F3O3S. The maximum absolute atomic E-state index is 12.7. The maximum Gasteiger partial charge on any atom is 0.367 e. The fourth-order valence-electron chi connectivity index (χ4n) is 0.321. The summed E-state index contributed by atoms with van der Waals surface area (Å²) in [6.07, 6.45) is 0. The normalized spacial score (nSPS) is 14.6. The van der Waals surface area contributed by atoms with Crippen LogP contribution in [0.5, 0.6) is 0 Å². The first-order valence-electron chi connectivity index (χ1n) is 3.41. The Hall–Kier alpha value is -0.300. The highest BCUT2D eigenvalue weighted by molar-refractivity contribution is 7.87. The van der Waals surface area contributed by atoms with Gasteiger partial charge in [-0.15, -0.1) is 0 Å². The summed E-state index contributed by atoms with van der Waals surface area (Å²) in [6.45, 7) is 1.30. The van der Waals surface area contributed by atoms with E-state index in [2.05, 4.69) is 4.18 Å². The molecule has 0 radical (unpaired) electrons. The van der Waals surface area contributed by atoms with Crippen LogP contribution in [0.15, 0.2) is 0 Å². The van der Waals surface area contributed by atoms with Gasteiger partial charge in [-0.05, 0) is 13.8 Å². The topological polar surface area (TPSA) is 43.4 Å². The average molecular weight is 220 g/mol. The fourth-order valence-corrected chi connectivity index (χ4v) is 0.964. The summed E-state index contributed by atoms with van der Waals surface area (Å²) in [5, 5.41) is -4.00. The molecule has 0 saturated carbocycles. The van der Waals surface area contributed by atoms with E-state index in [0.717, 1.165) is 13.8 Å². The third kappa shape index (κ3) is 4.47. The summed E-state index contributed by atoms with van der Waals surface area (Å²) in [7, 11) is -5.00. The quantitative estimate of drug-likeness (QED) is 0.677. The summed E-state index contributed by atoms with van der Waals surface area (Å²) >= 11 is 0. The van der Waals surface area contributed by atoms with E-state index in [1.165, 1.54) is 0 Å². The molecule has 3 nitrogen and oxygen atoms in total. The van der Waals surface area contributed by atoms with Crippen LogP contribution in [-0.2, 0) is 14.3 Å². The Kier molecular flexibility index (Phi) is 3.37. The van der Waals surface area contributed by atoms with E-state index in [1.807, 2.05) is 0 Å². The van der Waals surface area contributed by atoms with Gasteiger partial charge in [0.05, 0.1) is 6.61 Å². The smallest absolute Gasteiger partial charge is 0.262 e. The van der Waals surface area contributed by atoms with Crippen LogP contribution in [0.2, 0.25) is 0 Å². The van der Waals surface area contributed by atoms with Crippen molar-refractivity contribution in [2.24, 2.45) is 0 Å². The minimum absolute atomic E-state index is 0.174. The van der Waals surface area contributed by atoms with Gasteiger partial charge in [0.15, 0.2) is 0 Å². The average Bonchev–Trinajstić information content (AvgIpc) is 1.79. The van der Waals surface area contributed by atoms with Crippen molar-refractivity contribution in [2.45, 2.75) is 31.7 Å². The third-order valence-corrected chi connectivity index (χ3v) is 2.30. The number of hydrogen-bond donors (Lipinski definition) is 0. The van der Waals surface area contributed by atoms with Gasteiger partial charge in [0.1, 0.15) is 5.67 Å². The summed E-state index contributed by atoms with van der Waals surface area (Å²) in [4.78, 5) is 0. The Balaban J connectivity index is 4.40. The zero-order chi connectivity index (χ0) is 10.9. The number of rotatable bonds is 4. The molecule has 7 heteroatoms. The van der Waals surface area contributed by atoms with E-state index in [1.54, 1.807) is 0 Å². The van der Waals surface area contributed by atoms with Crippen molar-refractivity contribution in [3.63, 3.8) is 0 Å². The zero-order valence-electron chi connectivity index (χ0n) is 7.47. The molecule has 0 unspecified atom stereocenters. The summed E-state index contributed by atoms with van der Waals surface area (Å²) in [6, 6.07) is 0. The van der Waals surface area contributed by atoms with E-state index in [9.17, 15) is 21.6 Å². The zero-order valence-corrected chi connectivity index (χ0v) is 8.29. The van der Waals surface area contributed by atoms with Gasteiger partial charge in [0, 0.05) is 6.92 Å². The second kappa shape index (κ2) is 3.45. The standard InChI is InChI=1S/C6H11F3O3S/c1-5(2,7)4-12-13(10,11)6(3,8)9/h4H2,1-3H3. The largest absolute Gasteiger partial charge is 0.367 e. The Morgan fingerprint density at radius 3 is 1.77 bits per heavy atom. The molecule has 13 heavy (non-hydrogen) atoms. The van der Waals surface area contributed by atoms with E-state index >= 15 is 0 Å². The van der Waals surface area contributed by atoms with E-state index < -0.39 is 27.6 Å². The summed E-state index contributed by atoms with van der Waals surface area (Å²) in [5.41, 5.74) is -1.96. The Bertz CT molecular complexity index is 260. The molecule has 0 saturated heterocycles. The predicted molar refractivity (Wildman–Crippen MR) is 40.7 cm³/mol. The molecule has 0 aliphatic carbocycles. The first kappa shape index (κ1) is 12.7. The molecule has 0 spiro atoms. The van der Waals surface area contributed by atoms with Crippen LogP contribution in [0, 0.1) is 0 Å². The molecule has 0 fully saturated rings. The Morgan fingerprint density at radius 2 is 1.54 bits per heavy atom. The maximum atomic E-state index is 12.7. The van der Waals surface area contributed by atoms with E-state index in [4.69, 9.17) is 0 Å². The highest BCUT2D eigenvalue weighted by Crippen LogP contribution is 2.23. The SMILES string of the molecule is CC(C)(F)COS(=O)(=O)C(C)(F)F. The Morgan fingerprint density at radius 1 is 1.15 bits per heavy atom. The molecular weight excluding hydrogens is 209 g/mol. The number of alkyl halides is 3. The van der Waals surface area contributed by atoms with Gasteiger partial charge < -0.3 is 0 Å². The lowest BCUT2D eigenvalue weighted by atomic mass is 10.2. The van der Waals surface area contributed by atoms with E-state index in [-0.39, 0.29) is 6.92 Å². The molecule has 0 aromatic heterocycles. The summed E-state index contributed by atoms with van der Waals surface area (Å²) < 4.78 is 62.1. The molecule has 0 bridgehead atoms. The molecule has 0 aliphatic rings. The molecule has 0 rings (SSSR count). The predicted octanol–water partition coefficient (Wildman–Crippen LogP) is 1.69. The van der Waals surface area contributed by atoms with Crippen LogP contribution < -0.4 is 0 Å². The Labute approximate surface area is 75.0 Å². The van der Waals surface area contributed by atoms with Gasteiger partial charge in [-0.25, -0.2) is 4.39 Å². The molecule has 80 valence electrons. The molecule has 0 amide bonds. The van der Waals surface area contributed by atoms with Gasteiger partial charge in [0.25, 0.3) is 0 Å². The van der Waals surface area contributed by atoms with Gasteiger partial charge >= 0.3 is 15.4 Å². The van der Waals surface area contributed by atoms with Crippen LogP contribution in [0.3, 0.4) is 0 Å². The van der Waals surface area contributed by atoms with Gasteiger partial charge in [-0.1, -0.05) is 0 Å². The van der Waals surface area contributed by atoms with Crippen molar-refractivity contribution in [3.05, 3.63) is 0 Å². The number of halogens is 3. The van der Waals surface area contributed by atoms with Crippen LogP contribution in [-0.4, -0.2) is 25.9 Å². The van der Waals surface area contributed by atoms with Gasteiger partial charge in [0.2, 0.25) is 0 Å². The van der Waals surface area contributed by atoms with Crippen molar-refractivity contribution in [1.82, 2.24) is 0 Å². The third-order valence-electron chi connectivity index (χ3n) is 0.996. The van der Waals surface area contributed by atoms with Crippen LogP contribution >= 0.6 is 0 Å². The molecule has 0 heterocycles. The lowest BCUT2D eigenvalue weighted by molar-refractivity contribution is 0.0721. The van der Waals surface area contributed by atoms with Crippen molar-refractivity contribution in [3.8, 4) is 0 Å². The van der Waals surface area contributed by atoms with Crippen molar-refractivity contribution >= 4 is 10.1 Å². The first-order valence-corrected chi connectivity index (χ1v) is 4.82. The molecule has 0 aromatic carbocycles. The molecule has 0 N–H and O–H groups in total. The van der Waals surface area contributed by atoms with Crippen LogP contribution in [0.1, 0.15) is 20.8 Å².